The van der Waals surface area contributed by atoms with Crippen molar-refractivity contribution in [3.05, 3.63) is 34.6 Å². The Labute approximate surface area is 98.2 Å². The first kappa shape index (κ1) is 12.5. The third kappa shape index (κ3) is 3.18. The highest BCUT2D eigenvalue weighted by atomic mass is 35.5. The van der Waals surface area contributed by atoms with Gasteiger partial charge in [0.1, 0.15) is 5.82 Å². The third-order valence-corrected chi connectivity index (χ3v) is 2.99. The van der Waals surface area contributed by atoms with Gasteiger partial charge in [0, 0.05) is 16.5 Å². The van der Waals surface area contributed by atoms with Crippen LogP contribution in [0.1, 0.15) is 18.9 Å². The maximum Gasteiger partial charge on any atom is 0.225 e. The van der Waals surface area contributed by atoms with Gasteiger partial charge in [-0.05, 0) is 36.6 Å². The van der Waals surface area contributed by atoms with Crippen LogP contribution in [0.5, 0.6) is 0 Å². The average molecular weight is 249 g/mol. The molecule has 0 bridgehead atoms. The van der Waals surface area contributed by atoms with E-state index >= 15 is 0 Å². The van der Waals surface area contributed by atoms with Crippen molar-refractivity contribution in [2.45, 2.75) is 19.8 Å². The van der Waals surface area contributed by atoms with Gasteiger partial charge in [0.25, 0.3) is 0 Å². The van der Waals surface area contributed by atoms with Crippen LogP contribution in [-0.4, -0.2) is 5.24 Å². The lowest BCUT2D eigenvalue weighted by molar-refractivity contribution is -0.115. The van der Waals surface area contributed by atoms with E-state index in [9.17, 15) is 9.18 Å². The molecule has 0 fully saturated rings. The average Bonchev–Trinajstić information content (AvgIpc) is 2.17. The van der Waals surface area contributed by atoms with Crippen LogP contribution in [0.15, 0.2) is 18.2 Å². The molecule has 15 heavy (non-hydrogen) atoms. The predicted octanol–water partition coefficient (Wildman–Crippen LogP) is 3.81. The van der Waals surface area contributed by atoms with Crippen molar-refractivity contribution in [1.82, 2.24) is 0 Å². The first-order valence-corrected chi connectivity index (χ1v) is 5.44. The van der Waals surface area contributed by atoms with Crippen molar-refractivity contribution >= 4 is 28.4 Å². The normalized spacial score (nSPS) is 12.5. The van der Waals surface area contributed by atoms with Crippen molar-refractivity contribution in [3.8, 4) is 0 Å². The van der Waals surface area contributed by atoms with Crippen LogP contribution in [0.25, 0.3) is 0 Å². The van der Waals surface area contributed by atoms with Crippen molar-refractivity contribution in [3.63, 3.8) is 0 Å². The Bertz CT molecular complexity index is 345. The highest BCUT2D eigenvalue weighted by Crippen LogP contribution is 2.24. The lowest BCUT2D eigenvalue weighted by atomic mass is 9.98. The van der Waals surface area contributed by atoms with E-state index in [-0.39, 0.29) is 18.2 Å². The van der Waals surface area contributed by atoms with Crippen LogP contribution in [0.3, 0.4) is 0 Å². The smallest absolute Gasteiger partial charge is 0.225 e. The third-order valence-electron chi connectivity index (χ3n) is 2.33. The molecule has 1 unspecified atom stereocenters. The van der Waals surface area contributed by atoms with E-state index in [2.05, 4.69) is 0 Å². The molecular weight excluding hydrogens is 238 g/mol. The lowest BCUT2D eigenvalue weighted by Crippen LogP contribution is -2.12. The van der Waals surface area contributed by atoms with Crippen LogP contribution in [0, 0.1) is 11.7 Å². The Morgan fingerprint density at radius 1 is 1.53 bits per heavy atom. The molecule has 0 saturated heterocycles. The van der Waals surface area contributed by atoms with E-state index in [1.807, 2.05) is 6.92 Å². The maximum atomic E-state index is 13.4. The molecule has 0 aliphatic carbocycles. The van der Waals surface area contributed by atoms with Gasteiger partial charge in [0.2, 0.25) is 5.24 Å². The predicted molar refractivity (Wildman–Crippen MR) is 59.8 cm³/mol. The van der Waals surface area contributed by atoms with Crippen molar-refractivity contribution < 1.29 is 9.18 Å². The number of hydrogen-bond acceptors (Lipinski definition) is 1. The number of halogens is 3. The summed E-state index contributed by atoms with van der Waals surface area (Å²) in [5.41, 5.74) is 0.361. The Kier molecular flexibility index (Phi) is 4.55. The Balaban J connectivity index is 2.92. The second-order valence-corrected chi connectivity index (χ2v) is 4.09. The summed E-state index contributed by atoms with van der Waals surface area (Å²) in [6.07, 6.45) is 0.831. The molecule has 0 heterocycles. The number of benzene rings is 1. The number of carbonyl (C=O) groups excluding carboxylic acids is 1. The molecule has 0 N–H and O–H groups in total. The molecule has 0 radical (unpaired) electrons. The standard InChI is InChI=1S/C11H11Cl2FO/c1-2-7(11(13)15)6-8-9(12)4-3-5-10(8)14/h3-5,7H,2,6H2,1H3. The van der Waals surface area contributed by atoms with E-state index in [1.165, 1.54) is 12.1 Å². The summed E-state index contributed by atoms with van der Waals surface area (Å²) in [5, 5.41) is -0.108. The van der Waals surface area contributed by atoms with Gasteiger partial charge < -0.3 is 0 Å². The molecule has 0 aliphatic rings. The summed E-state index contributed by atoms with van der Waals surface area (Å²) in [6, 6.07) is 4.46. The van der Waals surface area contributed by atoms with Gasteiger partial charge >= 0.3 is 0 Å². The monoisotopic (exact) mass is 248 g/mol. The van der Waals surface area contributed by atoms with E-state index < -0.39 is 5.24 Å². The van der Waals surface area contributed by atoms with E-state index in [1.54, 1.807) is 6.07 Å². The fourth-order valence-corrected chi connectivity index (χ4v) is 1.83. The van der Waals surface area contributed by atoms with Crippen LogP contribution in [0.2, 0.25) is 5.02 Å². The summed E-state index contributed by atoms with van der Waals surface area (Å²) >= 11 is 11.2. The summed E-state index contributed by atoms with van der Waals surface area (Å²) < 4.78 is 13.4. The number of carbonyl (C=O) groups is 1. The Morgan fingerprint density at radius 2 is 2.20 bits per heavy atom. The molecule has 0 spiro atoms. The van der Waals surface area contributed by atoms with Gasteiger partial charge in [0.15, 0.2) is 0 Å². The van der Waals surface area contributed by atoms with Gasteiger partial charge in [-0.3, -0.25) is 4.79 Å². The van der Waals surface area contributed by atoms with Gasteiger partial charge in [-0.1, -0.05) is 24.6 Å². The number of hydrogen-bond donors (Lipinski definition) is 0. The number of rotatable bonds is 4. The van der Waals surface area contributed by atoms with Gasteiger partial charge in [-0.2, -0.15) is 0 Å². The minimum atomic E-state index is -0.447. The van der Waals surface area contributed by atoms with Gasteiger partial charge in [-0.15, -0.1) is 0 Å². The lowest BCUT2D eigenvalue weighted by Gasteiger charge is -2.11. The molecule has 82 valence electrons. The molecule has 0 saturated carbocycles. The van der Waals surface area contributed by atoms with Crippen LogP contribution >= 0.6 is 23.2 Å². The summed E-state index contributed by atoms with van der Waals surface area (Å²) in [6.45, 7) is 1.83. The molecule has 0 aliphatic heterocycles. The van der Waals surface area contributed by atoms with Crippen LogP contribution in [-0.2, 0) is 11.2 Å². The van der Waals surface area contributed by atoms with E-state index in [4.69, 9.17) is 23.2 Å². The molecule has 1 nitrogen and oxygen atoms in total. The van der Waals surface area contributed by atoms with E-state index in [0.29, 0.717) is 17.0 Å². The largest absolute Gasteiger partial charge is 0.281 e. The first-order valence-electron chi connectivity index (χ1n) is 4.68. The molecule has 4 heteroatoms. The minimum absolute atomic E-state index is 0.254. The summed E-state index contributed by atoms with van der Waals surface area (Å²) in [5.74, 6) is -0.764. The zero-order valence-corrected chi connectivity index (χ0v) is 9.78. The molecule has 1 atom stereocenters. The molecule has 0 aromatic heterocycles. The minimum Gasteiger partial charge on any atom is -0.281 e. The van der Waals surface area contributed by atoms with Gasteiger partial charge in [-0.25, -0.2) is 4.39 Å². The zero-order valence-electron chi connectivity index (χ0n) is 8.27. The maximum absolute atomic E-state index is 13.4. The van der Waals surface area contributed by atoms with Crippen molar-refractivity contribution in [2.75, 3.05) is 0 Å². The second kappa shape index (κ2) is 5.47. The highest BCUT2D eigenvalue weighted by molar-refractivity contribution is 6.64. The summed E-state index contributed by atoms with van der Waals surface area (Å²) in [4.78, 5) is 11.0. The van der Waals surface area contributed by atoms with Crippen molar-refractivity contribution in [1.29, 1.82) is 0 Å². The Hall–Kier alpha value is -0.600. The van der Waals surface area contributed by atoms with Gasteiger partial charge in [0.05, 0.1) is 0 Å². The quantitative estimate of drug-likeness (QED) is 0.741. The topological polar surface area (TPSA) is 17.1 Å². The first-order chi connectivity index (χ1) is 7.06. The highest BCUT2D eigenvalue weighted by Gasteiger charge is 2.18. The Morgan fingerprint density at radius 3 is 2.67 bits per heavy atom. The van der Waals surface area contributed by atoms with Crippen LogP contribution in [0.4, 0.5) is 4.39 Å². The fraction of sp³-hybridized carbons (Fsp3) is 0.364. The fourth-order valence-electron chi connectivity index (χ4n) is 1.36. The van der Waals surface area contributed by atoms with E-state index in [0.717, 1.165) is 0 Å². The molecular formula is C11H11Cl2FO. The molecule has 1 rings (SSSR count). The molecule has 0 amide bonds. The SMILES string of the molecule is CCC(Cc1c(F)cccc1Cl)C(=O)Cl. The second-order valence-electron chi connectivity index (χ2n) is 3.31. The molecule has 1 aromatic rings. The zero-order chi connectivity index (χ0) is 11.4. The van der Waals surface area contributed by atoms with Crippen LogP contribution < -0.4 is 0 Å². The van der Waals surface area contributed by atoms with Crippen molar-refractivity contribution in [2.24, 2.45) is 5.92 Å². The molecule has 1 aromatic carbocycles. The summed E-state index contributed by atoms with van der Waals surface area (Å²) in [7, 11) is 0.